The zero-order valence-electron chi connectivity index (χ0n) is 15.6. The number of aryl methyl sites for hydroxylation is 2. The number of hydrogen-bond donors (Lipinski definition) is 0. The molecule has 7 nitrogen and oxygen atoms in total. The maximum atomic E-state index is 12.9. The molecule has 0 N–H and O–H groups in total. The van der Waals surface area contributed by atoms with Crippen molar-refractivity contribution in [1.82, 2.24) is 23.1 Å². The number of fused-ring (bicyclic) bond motifs is 3. The van der Waals surface area contributed by atoms with E-state index in [0.29, 0.717) is 17.2 Å². The van der Waals surface area contributed by atoms with Crippen molar-refractivity contribution in [3.05, 3.63) is 75.2 Å². The second-order valence-corrected chi connectivity index (χ2v) is 6.65. The molecule has 4 rings (SSSR count). The van der Waals surface area contributed by atoms with Crippen molar-refractivity contribution in [2.45, 2.75) is 19.6 Å². The zero-order valence-corrected chi connectivity index (χ0v) is 15.6. The molecular formula is C19H16F3N5O2. The molecule has 3 aromatic heterocycles. The first kappa shape index (κ1) is 18.8. The highest BCUT2D eigenvalue weighted by atomic mass is 19.4. The fourth-order valence-electron chi connectivity index (χ4n) is 3.42. The molecule has 0 aliphatic carbocycles. The van der Waals surface area contributed by atoms with Crippen LogP contribution in [-0.4, -0.2) is 23.1 Å². The number of benzene rings is 1. The van der Waals surface area contributed by atoms with Crippen LogP contribution in [-0.2, 0) is 19.8 Å². The summed E-state index contributed by atoms with van der Waals surface area (Å²) >= 11 is 0. The number of alkyl halides is 3. The molecular weight excluding hydrogens is 387 g/mol. The maximum Gasteiger partial charge on any atom is 0.416 e. The zero-order chi connectivity index (χ0) is 21.1. The number of nitrogens with zero attached hydrogens (tertiary/aromatic N) is 5. The normalized spacial score (nSPS) is 12.2. The number of aromatic nitrogens is 5. The Hall–Kier alpha value is -3.56. The van der Waals surface area contributed by atoms with Gasteiger partial charge in [-0.1, -0.05) is 6.08 Å². The second kappa shape index (κ2) is 6.23. The van der Waals surface area contributed by atoms with Crippen molar-refractivity contribution in [3.63, 3.8) is 0 Å². The van der Waals surface area contributed by atoms with Crippen LogP contribution in [0.4, 0.5) is 13.2 Å². The molecule has 0 saturated heterocycles. The number of hydrogen-bond acceptors (Lipinski definition) is 3. The molecule has 10 heteroatoms. The van der Waals surface area contributed by atoms with Crippen LogP contribution in [0.1, 0.15) is 11.3 Å². The van der Waals surface area contributed by atoms with Crippen LogP contribution in [0.25, 0.3) is 22.6 Å². The summed E-state index contributed by atoms with van der Waals surface area (Å²) in [5.41, 5.74) is -0.282. The number of imidazole rings is 2. The van der Waals surface area contributed by atoms with Gasteiger partial charge in [0.1, 0.15) is 0 Å². The van der Waals surface area contributed by atoms with Crippen molar-refractivity contribution < 1.29 is 13.2 Å². The molecule has 0 atom stereocenters. The van der Waals surface area contributed by atoms with Gasteiger partial charge in [0, 0.05) is 31.2 Å². The summed E-state index contributed by atoms with van der Waals surface area (Å²) in [6.45, 7) is 5.37. The molecule has 4 aromatic rings. The van der Waals surface area contributed by atoms with Gasteiger partial charge in [0.25, 0.3) is 5.56 Å². The summed E-state index contributed by atoms with van der Waals surface area (Å²) in [6.07, 6.45) is -1.33. The lowest BCUT2D eigenvalue weighted by atomic mass is 10.2. The summed E-state index contributed by atoms with van der Waals surface area (Å²) in [6, 6.07) is 4.65. The van der Waals surface area contributed by atoms with Crippen LogP contribution in [0.2, 0.25) is 0 Å². The molecule has 0 unspecified atom stereocenters. The summed E-state index contributed by atoms with van der Waals surface area (Å²) in [4.78, 5) is 29.8. The fraction of sp³-hybridized carbons (Fsp3) is 0.211. The smallest absolute Gasteiger partial charge is 0.283 e. The summed E-state index contributed by atoms with van der Waals surface area (Å²) in [7, 11) is 1.51. The minimum Gasteiger partial charge on any atom is -0.283 e. The number of rotatable bonds is 3. The minimum atomic E-state index is -4.43. The topological polar surface area (TPSA) is 66.2 Å². The molecule has 0 aliphatic rings. The van der Waals surface area contributed by atoms with E-state index in [9.17, 15) is 22.8 Å². The van der Waals surface area contributed by atoms with E-state index in [1.165, 1.54) is 29.8 Å². The summed E-state index contributed by atoms with van der Waals surface area (Å²) in [5, 5.41) is 0. The lowest BCUT2D eigenvalue weighted by Gasteiger charge is -2.09. The lowest BCUT2D eigenvalue weighted by molar-refractivity contribution is -0.137. The number of halogens is 3. The summed E-state index contributed by atoms with van der Waals surface area (Å²) in [5.74, 6) is 0.320. The molecule has 0 radical (unpaired) electrons. The third kappa shape index (κ3) is 2.71. The average Bonchev–Trinajstić information content (AvgIpc) is 3.17. The average molecular weight is 403 g/mol. The lowest BCUT2D eigenvalue weighted by Crippen LogP contribution is -2.39. The van der Waals surface area contributed by atoms with Crippen LogP contribution < -0.4 is 11.2 Å². The predicted octanol–water partition coefficient (Wildman–Crippen LogP) is 2.65. The van der Waals surface area contributed by atoms with E-state index in [1.54, 1.807) is 22.1 Å². The Kier molecular flexibility index (Phi) is 4.03. The predicted molar refractivity (Wildman–Crippen MR) is 101 cm³/mol. The van der Waals surface area contributed by atoms with E-state index in [4.69, 9.17) is 0 Å². The molecule has 0 bridgehead atoms. The van der Waals surface area contributed by atoms with Crippen molar-refractivity contribution in [3.8, 4) is 5.69 Å². The van der Waals surface area contributed by atoms with Crippen LogP contribution in [0.3, 0.4) is 0 Å². The third-order valence-electron chi connectivity index (χ3n) is 4.79. The van der Waals surface area contributed by atoms with Gasteiger partial charge in [0.15, 0.2) is 11.2 Å². The first-order chi connectivity index (χ1) is 13.6. The Morgan fingerprint density at radius 2 is 1.83 bits per heavy atom. The standard InChI is InChI=1S/C19H16F3N5O2/c1-4-9-25-16(28)14-15(24(3)18(25)29)23-17-26(14)10-11(2)27(17)13-7-5-12(6-8-13)19(20,21)22/h4-8,10H,1,9H2,2-3H3. The Balaban J connectivity index is 2.03. The molecule has 1 aromatic carbocycles. The molecule has 0 fully saturated rings. The molecule has 29 heavy (non-hydrogen) atoms. The van der Waals surface area contributed by atoms with Crippen LogP contribution in [0.5, 0.6) is 0 Å². The molecule has 0 aliphatic heterocycles. The molecule has 3 heterocycles. The van der Waals surface area contributed by atoms with E-state index in [2.05, 4.69) is 11.6 Å². The first-order valence-corrected chi connectivity index (χ1v) is 8.63. The third-order valence-corrected chi connectivity index (χ3v) is 4.79. The second-order valence-electron chi connectivity index (χ2n) is 6.65. The highest BCUT2D eigenvalue weighted by Crippen LogP contribution is 2.30. The van der Waals surface area contributed by atoms with Gasteiger partial charge in [0.05, 0.1) is 5.56 Å². The van der Waals surface area contributed by atoms with E-state index in [1.807, 2.05) is 0 Å². The van der Waals surface area contributed by atoms with E-state index >= 15 is 0 Å². The minimum absolute atomic E-state index is 0.0489. The first-order valence-electron chi connectivity index (χ1n) is 8.63. The van der Waals surface area contributed by atoms with Gasteiger partial charge in [-0.15, -0.1) is 6.58 Å². The highest BCUT2D eigenvalue weighted by molar-refractivity contribution is 5.76. The van der Waals surface area contributed by atoms with Crippen molar-refractivity contribution in [2.24, 2.45) is 7.05 Å². The monoisotopic (exact) mass is 403 g/mol. The van der Waals surface area contributed by atoms with E-state index in [0.717, 1.165) is 16.7 Å². The Morgan fingerprint density at radius 3 is 2.41 bits per heavy atom. The quantitative estimate of drug-likeness (QED) is 0.494. The van der Waals surface area contributed by atoms with E-state index in [-0.39, 0.29) is 17.7 Å². The number of allylic oxidation sites excluding steroid dienone is 1. The van der Waals surface area contributed by atoms with Crippen LogP contribution >= 0.6 is 0 Å². The Morgan fingerprint density at radius 1 is 1.17 bits per heavy atom. The van der Waals surface area contributed by atoms with Gasteiger partial charge in [-0.05, 0) is 31.2 Å². The highest BCUT2D eigenvalue weighted by Gasteiger charge is 2.30. The molecule has 0 spiro atoms. The van der Waals surface area contributed by atoms with E-state index < -0.39 is 23.0 Å². The van der Waals surface area contributed by atoms with Crippen LogP contribution in [0.15, 0.2) is 52.7 Å². The van der Waals surface area contributed by atoms with Gasteiger partial charge in [-0.2, -0.15) is 18.2 Å². The van der Waals surface area contributed by atoms with Crippen molar-refractivity contribution in [2.75, 3.05) is 0 Å². The van der Waals surface area contributed by atoms with Crippen molar-refractivity contribution in [1.29, 1.82) is 0 Å². The van der Waals surface area contributed by atoms with Gasteiger partial charge in [-0.25, -0.2) is 4.79 Å². The molecule has 0 saturated carbocycles. The largest absolute Gasteiger partial charge is 0.416 e. The Labute approximate surface area is 161 Å². The fourth-order valence-corrected chi connectivity index (χ4v) is 3.42. The summed E-state index contributed by atoms with van der Waals surface area (Å²) < 4.78 is 44.1. The SMILES string of the molecule is C=CCn1c(=O)c2c(nc3n(-c4ccc(C(F)(F)F)cc4)c(C)cn23)n(C)c1=O. The van der Waals surface area contributed by atoms with Crippen molar-refractivity contribution >= 4 is 16.9 Å². The van der Waals surface area contributed by atoms with Gasteiger partial charge in [0.2, 0.25) is 5.78 Å². The maximum absolute atomic E-state index is 12.9. The van der Waals surface area contributed by atoms with Crippen LogP contribution in [0, 0.1) is 6.92 Å². The van der Waals surface area contributed by atoms with Gasteiger partial charge >= 0.3 is 11.9 Å². The van der Waals surface area contributed by atoms with Gasteiger partial charge < -0.3 is 0 Å². The molecule has 150 valence electrons. The van der Waals surface area contributed by atoms with Gasteiger partial charge in [-0.3, -0.25) is 22.9 Å². The molecule has 0 amide bonds. The Bertz CT molecular complexity index is 1380.